The first-order valence-corrected chi connectivity index (χ1v) is 7.60. The summed E-state index contributed by atoms with van der Waals surface area (Å²) in [5.74, 6) is -2.17. The fourth-order valence-electron chi connectivity index (χ4n) is 1.68. The number of nitriles is 1. The second kappa shape index (κ2) is 6.65. The van der Waals surface area contributed by atoms with Crippen LogP contribution in [-0.2, 0) is 14.8 Å². The van der Waals surface area contributed by atoms with Crippen LogP contribution in [0.2, 0.25) is 0 Å². The smallest absolute Gasteiger partial charge is 0.321 e. The molecule has 0 saturated heterocycles. The summed E-state index contributed by atoms with van der Waals surface area (Å²) >= 11 is 0. The molecule has 2 N–H and O–H groups in total. The zero-order valence-electron chi connectivity index (χ0n) is 11.5. The maximum Gasteiger partial charge on any atom is 0.321 e. The highest BCUT2D eigenvalue weighted by Gasteiger charge is 2.26. The Morgan fingerprint density at radius 2 is 2.10 bits per heavy atom. The molecule has 6 nitrogen and oxygen atoms in total. The zero-order chi connectivity index (χ0) is 16.2. The van der Waals surface area contributed by atoms with Crippen LogP contribution in [0, 0.1) is 23.1 Å². The quantitative estimate of drug-likeness (QED) is 0.827. The van der Waals surface area contributed by atoms with E-state index in [1.165, 1.54) is 6.07 Å². The van der Waals surface area contributed by atoms with Gasteiger partial charge in [-0.25, -0.2) is 12.8 Å². The van der Waals surface area contributed by atoms with Crippen molar-refractivity contribution < 1.29 is 22.7 Å². The van der Waals surface area contributed by atoms with Crippen molar-refractivity contribution in [1.29, 1.82) is 5.26 Å². The molecule has 21 heavy (non-hydrogen) atoms. The molecule has 1 rings (SSSR count). The maximum absolute atomic E-state index is 13.2. The molecule has 1 atom stereocenters. The van der Waals surface area contributed by atoms with Gasteiger partial charge in [-0.15, -0.1) is 0 Å². The third-order valence-corrected chi connectivity index (χ3v) is 4.14. The van der Waals surface area contributed by atoms with E-state index in [1.807, 2.05) is 0 Å². The van der Waals surface area contributed by atoms with E-state index in [1.54, 1.807) is 13.8 Å². The predicted molar refractivity (Wildman–Crippen MR) is 72.3 cm³/mol. The average Bonchev–Trinajstić information content (AvgIpc) is 2.37. The average molecular weight is 314 g/mol. The van der Waals surface area contributed by atoms with Gasteiger partial charge in [0.05, 0.1) is 10.5 Å². The summed E-state index contributed by atoms with van der Waals surface area (Å²) in [5, 5.41) is 17.7. The SMILES string of the molecule is CC(C)C[C@H](NS(=O)(=O)c1ccc(F)c(C#N)c1)C(=O)O. The Balaban J connectivity index is 3.11. The van der Waals surface area contributed by atoms with Crippen LogP contribution in [0.3, 0.4) is 0 Å². The number of nitrogens with one attached hydrogen (secondary N) is 1. The molecule has 0 heterocycles. The Bertz CT molecular complexity index is 680. The zero-order valence-corrected chi connectivity index (χ0v) is 12.3. The van der Waals surface area contributed by atoms with Crippen LogP contribution in [-0.4, -0.2) is 25.5 Å². The van der Waals surface area contributed by atoms with Crippen LogP contribution in [0.1, 0.15) is 25.8 Å². The van der Waals surface area contributed by atoms with Crippen molar-refractivity contribution in [1.82, 2.24) is 4.72 Å². The fourth-order valence-corrected chi connectivity index (χ4v) is 2.91. The van der Waals surface area contributed by atoms with Gasteiger partial charge in [0, 0.05) is 0 Å². The van der Waals surface area contributed by atoms with Gasteiger partial charge in [0.15, 0.2) is 0 Å². The monoisotopic (exact) mass is 314 g/mol. The predicted octanol–water partition coefficient (Wildman–Crippen LogP) is 1.47. The molecule has 8 heteroatoms. The molecule has 0 saturated carbocycles. The maximum atomic E-state index is 13.2. The van der Waals surface area contributed by atoms with Gasteiger partial charge in [-0.3, -0.25) is 4.79 Å². The first-order valence-electron chi connectivity index (χ1n) is 6.12. The summed E-state index contributed by atoms with van der Waals surface area (Å²) < 4.78 is 39.4. The number of hydrogen-bond donors (Lipinski definition) is 2. The van der Waals surface area contributed by atoms with Crippen molar-refractivity contribution in [3.8, 4) is 6.07 Å². The molecule has 0 amide bonds. The summed E-state index contributed by atoms with van der Waals surface area (Å²) in [5.41, 5.74) is -0.423. The van der Waals surface area contributed by atoms with E-state index in [-0.39, 0.29) is 17.2 Å². The Morgan fingerprint density at radius 1 is 1.48 bits per heavy atom. The number of carboxylic acid groups (broad SMARTS) is 1. The van der Waals surface area contributed by atoms with Gasteiger partial charge < -0.3 is 5.11 Å². The number of sulfonamides is 1. The molecular formula is C13H15FN2O4S. The number of benzene rings is 1. The molecule has 0 bridgehead atoms. The lowest BCUT2D eigenvalue weighted by atomic mass is 10.1. The molecule has 0 unspecified atom stereocenters. The topological polar surface area (TPSA) is 107 Å². The van der Waals surface area contributed by atoms with Crippen LogP contribution < -0.4 is 4.72 Å². The van der Waals surface area contributed by atoms with Crippen LogP contribution in [0.25, 0.3) is 0 Å². The summed E-state index contributed by atoms with van der Waals surface area (Å²) in [6, 6.07) is 2.94. The second-order valence-corrected chi connectivity index (χ2v) is 6.61. The molecule has 0 spiro atoms. The molecule has 1 aromatic rings. The van der Waals surface area contributed by atoms with Crippen LogP contribution in [0.15, 0.2) is 23.1 Å². The van der Waals surface area contributed by atoms with Gasteiger partial charge >= 0.3 is 5.97 Å². The Hall–Kier alpha value is -1.98. The van der Waals surface area contributed by atoms with E-state index in [2.05, 4.69) is 4.72 Å². The van der Waals surface area contributed by atoms with Crippen LogP contribution >= 0.6 is 0 Å². The first kappa shape index (κ1) is 17.1. The van der Waals surface area contributed by atoms with Crippen molar-refractivity contribution in [3.63, 3.8) is 0 Å². The lowest BCUT2D eigenvalue weighted by molar-refractivity contribution is -0.139. The van der Waals surface area contributed by atoms with Gasteiger partial charge in [-0.1, -0.05) is 13.8 Å². The minimum absolute atomic E-state index is 0.0308. The standard InChI is InChI=1S/C13H15FN2O4S/c1-8(2)5-12(13(17)18)16-21(19,20)10-3-4-11(14)9(6-10)7-15/h3-4,6,8,12,16H,5H2,1-2H3,(H,17,18)/t12-/m0/s1. The van der Waals surface area contributed by atoms with Crippen molar-refractivity contribution in [3.05, 3.63) is 29.6 Å². The molecular weight excluding hydrogens is 299 g/mol. The van der Waals surface area contributed by atoms with E-state index >= 15 is 0 Å². The van der Waals surface area contributed by atoms with Gasteiger partial charge in [-0.05, 0) is 30.5 Å². The molecule has 0 aromatic heterocycles. The van der Waals surface area contributed by atoms with Crippen molar-refractivity contribution in [2.24, 2.45) is 5.92 Å². The number of nitrogens with zero attached hydrogens (tertiary/aromatic N) is 1. The summed E-state index contributed by atoms with van der Waals surface area (Å²) in [7, 11) is -4.15. The lowest BCUT2D eigenvalue weighted by Gasteiger charge is -2.16. The molecule has 0 radical (unpaired) electrons. The summed E-state index contributed by atoms with van der Waals surface area (Å²) in [6.07, 6.45) is 0.112. The highest BCUT2D eigenvalue weighted by Crippen LogP contribution is 2.16. The van der Waals surface area contributed by atoms with Gasteiger partial charge in [0.25, 0.3) is 0 Å². The summed E-state index contributed by atoms with van der Waals surface area (Å²) in [6.45, 7) is 3.52. The highest BCUT2D eigenvalue weighted by molar-refractivity contribution is 7.89. The number of carboxylic acids is 1. The highest BCUT2D eigenvalue weighted by atomic mass is 32.2. The van der Waals surface area contributed by atoms with E-state index in [0.717, 1.165) is 18.2 Å². The Kier molecular flexibility index (Phi) is 5.41. The summed E-state index contributed by atoms with van der Waals surface area (Å²) in [4.78, 5) is 10.7. The molecule has 1 aromatic carbocycles. The third-order valence-electron chi connectivity index (χ3n) is 2.67. The number of carbonyl (C=O) groups is 1. The second-order valence-electron chi connectivity index (χ2n) is 4.90. The molecule has 0 aliphatic rings. The number of hydrogen-bond acceptors (Lipinski definition) is 4. The Labute approximate surface area is 122 Å². The van der Waals surface area contributed by atoms with Gasteiger partial charge in [0.1, 0.15) is 17.9 Å². The van der Waals surface area contributed by atoms with Crippen molar-refractivity contribution in [2.45, 2.75) is 31.2 Å². The van der Waals surface area contributed by atoms with Crippen LogP contribution in [0.5, 0.6) is 0 Å². The normalized spacial score (nSPS) is 12.9. The largest absolute Gasteiger partial charge is 0.480 e. The van der Waals surface area contributed by atoms with Crippen molar-refractivity contribution in [2.75, 3.05) is 0 Å². The third kappa shape index (κ3) is 4.51. The molecule has 0 fully saturated rings. The fraction of sp³-hybridized carbons (Fsp3) is 0.385. The molecule has 114 valence electrons. The first-order chi connectivity index (χ1) is 9.67. The van der Waals surface area contributed by atoms with E-state index in [4.69, 9.17) is 10.4 Å². The van der Waals surface area contributed by atoms with E-state index in [0.29, 0.717) is 0 Å². The lowest BCUT2D eigenvalue weighted by Crippen LogP contribution is -2.41. The minimum atomic E-state index is -4.15. The van der Waals surface area contributed by atoms with Crippen LogP contribution in [0.4, 0.5) is 4.39 Å². The van der Waals surface area contributed by atoms with Gasteiger partial charge in [0.2, 0.25) is 10.0 Å². The Morgan fingerprint density at radius 3 is 2.57 bits per heavy atom. The van der Waals surface area contributed by atoms with E-state index < -0.39 is 33.4 Å². The minimum Gasteiger partial charge on any atom is -0.480 e. The molecule has 0 aliphatic carbocycles. The van der Waals surface area contributed by atoms with E-state index in [9.17, 15) is 17.6 Å². The number of halogens is 1. The molecule has 0 aliphatic heterocycles. The number of aliphatic carboxylic acids is 1. The number of rotatable bonds is 6. The van der Waals surface area contributed by atoms with Crippen molar-refractivity contribution >= 4 is 16.0 Å². The van der Waals surface area contributed by atoms with Gasteiger partial charge in [-0.2, -0.15) is 9.98 Å².